The van der Waals surface area contributed by atoms with Gasteiger partial charge in [-0.2, -0.15) is 0 Å². The first kappa shape index (κ1) is 46.5. The van der Waals surface area contributed by atoms with E-state index in [1.807, 2.05) is 62.3 Å². The second-order valence-corrected chi connectivity index (χ2v) is 19.7. The lowest BCUT2D eigenvalue weighted by Crippen LogP contribution is -2.30. The molecule has 0 radical (unpaired) electrons. The summed E-state index contributed by atoms with van der Waals surface area (Å²) in [5.41, 5.74) is 15.6. The second-order valence-electron chi connectivity index (χ2n) is 19.7. The maximum Gasteiger partial charge on any atom is 0.340 e. The van der Waals surface area contributed by atoms with Gasteiger partial charge in [0.25, 0.3) is 0 Å². The Morgan fingerprint density at radius 3 is 1.30 bits per heavy atom. The summed E-state index contributed by atoms with van der Waals surface area (Å²) in [5.74, 6) is -1.37. The highest BCUT2D eigenvalue weighted by Gasteiger charge is 2.35. The average molecular weight is 863 g/mol. The van der Waals surface area contributed by atoms with Gasteiger partial charge >= 0.3 is 11.9 Å². The monoisotopic (exact) mass is 862 g/mol. The Morgan fingerprint density at radius 1 is 0.578 bits per heavy atom. The zero-order valence-corrected chi connectivity index (χ0v) is 39.8. The van der Waals surface area contributed by atoms with Gasteiger partial charge in [0.05, 0.1) is 28.8 Å². The van der Waals surface area contributed by atoms with E-state index in [1.54, 1.807) is 0 Å². The third-order valence-corrected chi connectivity index (χ3v) is 12.2. The molecule has 0 fully saturated rings. The number of esters is 1. The Morgan fingerprint density at radius 2 is 0.938 bits per heavy atom. The van der Waals surface area contributed by atoms with Crippen molar-refractivity contribution in [1.29, 1.82) is 0 Å². The van der Waals surface area contributed by atoms with Crippen LogP contribution < -0.4 is 0 Å². The molecule has 8 nitrogen and oxygen atoms in total. The molecule has 0 saturated heterocycles. The van der Waals surface area contributed by atoms with Crippen molar-refractivity contribution in [2.24, 2.45) is 0 Å². The first-order valence-corrected chi connectivity index (χ1v) is 23.1. The summed E-state index contributed by atoms with van der Waals surface area (Å²) in [6.45, 7) is 21.7. The third kappa shape index (κ3) is 10.4. The maximum atomic E-state index is 13.2. The van der Waals surface area contributed by atoms with Crippen LogP contribution in [0.5, 0.6) is 0 Å². The average Bonchev–Trinajstić information content (AvgIpc) is 3.23. The molecule has 0 spiro atoms. The predicted molar refractivity (Wildman–Crippen MR) is 258 cm³/mol. The lowest BCUT2D eigenvalue weighted by molar-refractivity contribution is -0.166. The Kier molecular flexibility index (Phi) is 13.8. The Labute approximate surface area is 379 Å². The third-order valence-electron chi connectivity index (χ3n) is 12.2. The van der Waals surface area contributed by atoms with Crippen molar-refractivity contribution < 1.29 is 28.9 Å². The van der Waals surface area contributed by atoms with E-state index in [0.717, 1.165) is 81.0 Å². The van der Waals surface area contributed by atoms with E-state index in [0.29, 0.717) is 17.9 Å². The van der Waals surface area contributed by atoms with Crippen molar-refractivity contribution in [2.45, 2.75) is 151 Å². The van der Waals surface area contributed by atoms with Crippen molar-refractivity contribution in [3.8, 4) is 22.3 Å². The molecule has 64 heavy (non-hydrogen) atoms. The van der Waals surface area contributed by atoms with Crippen LogP contribution in [0.3, 0.4) is 0 Å². The van der Waals surface area contributed by atoms with E-state index in [9.17, 15) is 14.7 Å². The molecule has 2 aromatic heterocycles. The van der Waals surface area contributed by atoms with Crippen LogP contribution in [0.15, 0.2) is 72.8 Å². The topological polar surface area (TPSA) is 108 Å². The maximum absolute atomic E-state index is 13.2. The zero-order valence-electron chi connectivity index (χ0n) is 39.8. The fraction of sp³-hybridized carbons (Fsp3) is 0.429. The second kappa shape index (κ2) is 19.0. The van der Waals surface area contributed by atoms with Gasteiger partial charge in [0.2, 0.25) is 0 Å². The number of ether oxygens (including phenoxy) is 3. The van der Waals surface area contributed by atoms with E-state index >= 15 is 0 Å². The van der Waals surface area contributed by atoms with Gasteiger partial charge in [0.1, 0.15) is 0 Å². The van der Waals surface area contributed by atoms with Crippen molar-refractivity contribution in [3.05, 3.63) is 129 Å². The summed E-state index contributed by atoms with van der Waals surface area (Å²) in [5, 5.41) is 12.2. The number of aromatic nitrogens is 2. The molecule has 2 unspecified atom stereocenters. The molecule has 0 saturated carbocycles. The molecule has 6 aromatic rings. The summed E-state index contributed by atoms with van der Waals surface area (Å²) in [4.78, 5) is 35.5. The number of nitrogens with zero attached hydrogens (tertiary/aromatic N) is 2. The summed E-state index contributed by atoms with van der Waals surface area (Å²) in [6, 6.07) is 25.8. The van der Waals surface area contributed by atoms with Gasteiger partial charge < -0.3 is 19.3 Å². The van der Waals surface area contributed by atoms with Crippen molar-refractivity contribution in [3.63, 3.8) is 0 Å². The molecule has 2 aliphatic carbocycles. The van der Waals surface area contributed by atoms with Crippen LogP contribution in [0.25, 0.3) is 44.1 Å². The fourth-order valence-corrected chi connectivity index (χ4v) is 9.35. The molecule has 2 aliphatic rings. The first-order valence-electron chi connectivity index (χ1n) is 23.1. The van der Waals surface area contributed by atoms with Gasteiger partial charge in [-0.1, -0.05) is 59.7 Å². The van der Waals surface area contributed by atoms with Gasteiger partial charge in [-0.3, -0.25) is 9.97 Å². The highest BCUT2D eigenvalue weighted by atomic mass is 16.6. The number of carboxylic acid groups (broad SMARTS) is 1. The minimum Gasteiger partial charge on any atom is -0.479 e. The minimum atomic E-state index is -1.09. The SMILES string of the molecule is CCOC(=O)C(OC(C)(C)C)c1c(C)nc2cc3c(cc2c1-c1ccc(C)cc1)CCCC3.Cc1ccc(-c2c(C(OC(C)(C)C)C(=O)O)c(C)nc3cc4c(cc23)CCCC4)cc1. The number of fused-ring (bicyclic) bond motifs is 4. The molecule has 0 aliphatic heterocycles. The number of rotatable bonds is 9. The predicted octanol–water partition coefficient (Wildman–Crippen LogP) is 13.2. The van der Waals surface area contributed by atoms with Gasteiger partial charge in [0.15, 0.2) is 12.2 Å². The van der Waals surface area contributed by atoms with Crippen molar-refractivity contribution in [2.75, 3.05) is 6.61 Å². The Balaban J connectivity index is 0.000000192. The number of benzene rings is 4. The smallest absolute Gasteiger partial charge is 0.340 e. The molecule has 0 bridgehead atoms. The number of aliphatic carboxylic acids is 1. The molecule has 2 heterocycles. The van der Waals surface area contributed by atoms with Gasteiger partial charge in [-0.05, 0) is 196 Å². The number of aryl methyl sites for hydroxylation is 8. The summed E-state index contributed by atoms with van der Waals surface area (Å²) >= 11 is 0. The molecule has 8 rings (SSSR count). The van der Waals surface area contributed by atoms with Crippen LogP contribution >= 0.6 is 0 Å². The molecule has 2 atom stereocenters. The van der Waals surface area contributed by atoms with Crippen molar-refractivity contribution in [1.82, 2.24) is 9.97 Å². The molecule has 8 heteroatoms. The number of carbonyl (C=O) groups is 2. The molecule has 4 aromatic carbocycles. The lowest BCUT2D eigenvalue weighted by Gasteiger charge is -2.29. The van der Waals surface area contributed by atoms with Crippen molar-refractivity contribution >= 4 is 33.7 Å². The van der Waals surface area contributed by atoms with Crippen LogP contribution in [0, 0.1) is 27.7 Å². The summed E-state index contributed by atoms with van der Waals surface area (Å²) in [6.07, 6.45) is 7.22. The van der Waals surface area contributed by atoms with Gasteiger partial charge in [-0.15, -0.1) is 0 Å². The number of hydrogen-bond donors (Lipinski definition) is 1. The number of carboxylic acids is 1. The zero-order chi connectivity index (χ0) is 46.1. The molecule has 336 valence electrons. The molecule has 1 N–H and O–H groups in total. The molecular formula is C56H66N2O6. The van der Waals surface area contributed by atoms with Crippen LogP contribution in [0.4, 0.5) is 0 Å². The quantitative estimate of drug-likeness (QED) is 0.143. The molecular weight excluding hydrogens is 797 g/mol. The van der Waals surface area contributed by atoms with E-state index in [1.165, 1.54) is 59.1 Å². The van der Waals surface area contributed by atoms with Crippen LogP contribution in [-0.2, 0) is 49.5 Å². The Hall–Kier alpha value is -5.44. The summed E-state index contributed by atoms with van der Waals surface area (Å²) < 4.78 is 17.9. The molecule has 0 amide bonds. The number of pyridine rings is 2. The van der Waals surface area contributed by atoms with E-state index in [-0.39, 0.29) is 5.97 Å². The number of carbonyl (C=O) groups excluding carboxylic acids is 1. The van der Waals surface area contributed by atoms with Gasteiger partial charge in [0, 0.05) is 33.3 Å². The highest BCUT2D eigenvalue weighted by Crippen LogP contribution is 2.43. The van der Waals surface area contributed by atoms with E-state index in [2.05, 4.69) is 86.6 Å². The van der Waals surface area contributed by atoms with Gasteiger partial charge in [-0.25, -0.2) is 9.59 Å². The fourth-order valence-electron chi connectivity index (χ4n) is 9.35. The first-order chi connectivity index (χ1) is 30.3. The Bertz CT molecular complexity index is 2690. The largest absolute Gasteiger partial charge is 0.479 e. The summed E-state index contributed by atoms with van der Waals surface area (Å²) in [7, 11) is 0. The lowest BCUT2D eigenvalue weighted by atomic mass is 9.86. The highest BCUT2D eigenvalue weighted by molar-refractivity contribution is 6.00. The van der Waals surface area contributed by atoms with E-state index < -0.39 is 29.4 Å². The van der Waals surface area contributed by atoms with Crippen LogP contribution in [0.1, 0.15) is 142 Å². The van der Waals surface area contributed by atoms with Crippen LogP contribution in [-0.4, -0.2) is 44.8 Å². The number of hydrogen-bond acceptors (Lipinski definition) is 7. The standard InChI is InChI=1S/C29H35NO3.C27H31NO3/c1-7-32-28(31)27(33-29(4,5)6)25-19(3)30-24-17-22-11-9-8-10-21(22)16-23(24)26(25)20-14-12-18(2)13-15-20;1-16-10-12-18(13-11-16)24-21-14-19-8-6-7-9-20(19)15-22(21)28-17(2)23(24)25(26(29)30)31-27(3,4)5/h12-17,27H,7-11H2,1-6H3;10-15,25H,6-9H2,1-5H3,(H,29,30). The normalized spacial score (nSPS) is 14.9. The van der Waals surface area contributed by atoms with E-state index in [4.69, 9.17) is 24.2 Å². The minimum absolute atomic E-state index is 0.302. The van der Waals surface area contributed by atoms with Crippen LogP contribution in [0.2, 0.25) is 0 Å².